The van der Waals surface area contributed by atoms with Crippen molar-refractivity contribution in [1.29, 1.82) is 0 Å². The summed E-state index contributed by atoms with van der Waals surface area (Å²) >= 11 is 1.52. The summed E-state index contributed by atoms with van der Waals surface area (Å²) in [5, 5.41) is 6.98. The molecule has 0 saturated heterocycles. The van der Waals surface area contributed by atoms with Crippen molar-refractivity contribution in [3.05, 3.63) is 46.8 Å². The van der Waals surface area contributed by atoms with Gasteiger partial charge in [-0.05, 0) is 45.7 Å². The van der Waals surface area contributed by atoms with Gasteiger partial charge in [0.15, 0.2) is 6.10 Å². The van der Waals surface area contributed by atoms with E-state index in [2.05, 4.69) is 10.5 Å². The van der Waals surface area contributed by atoms with Crippen LogP contribution in [0.4, 0.5) is 0 Å². The maximum Gasteiger partial charge on any atom is 0.340 e. The van der Waals surface area contributed by atoms with E-state index in [1.807, 2.05) is 26.0 Å². The lowest BCUT2D eigenvalue weighted by atomic mass is 9.95. The molecule has 1 amide bonds. The van der Waals surface area contributed by atoms with Gasteiger partial charge < -0.3 is 14.6 Å². The van der Waals surface area contributed by atoms with Crippen LogP contribution < -0.4 is 5.32 Å². The minimum Gasteiger partial charge on any atom is -0.449 e. The molecule has 156 valence electrons. The van der Waals surface area contributed by atoms with Gasteiger partial charge in [-0.2, -0.15) is 0 Å². The summed E-state index contributed by atoms with van der Waals surface area (Å²) in [6.45, 7) is 5.40. The van der Waals surface area contributed by atoms with E-state index in [-0.39, 0.29) is 11.9 Å². The first-order chi connectivity index (χ1) is 14.0. The highest BCUT2D eigenvalue weighted by Crippen LogP contribution is 2.29. The summed E-state index contributed by atoms with van der Waals surface area (Å²) < 4.78 is 10.7. The third-order valence-corrected chi connectivity index (χ3v) is 6.36. The Morgan fingerprint density at radius 3 is 2.66 bits per heavy atom. The molecule has 6 nitrogen and oxygen atoms in total. The summed E-state index contributed by atoms with van der Waals surface area (Å²) in [5.41, 5.74) is 2.34. The number of hydrogen-bond donors (Lipinski definition) is 1. The largest absolute Gasteiger partial charge is 0.449 e. The maximum atomic E-state index is 12.7. The number of rotatable bonds is 7. The van der Waals surface area contributed by atoms with Crippen molar-refractivity contribution in [2.45, 2.75) is 75.7 Å². The fraction of sp³-hybridized carbons (Fsp3) is 0.500. The lowest BCUT2D eigenvalue weighted by Crippen LogP contribution is -2.42. The molecule has 2 aromatic rings. The van der Waals surface area contributed by atoms with E-state index < -0.39 is 12.1 Å². The van der Waals surface area contributed by atoms with Crippen LogP contribution in [0, 0.1) is 13.8 Å². The highest BCUT2D eigenvalue weighted by molar-refractivity contribution is 7.98. The topological polar surface area (TPSA) is 81.4 Å². The predicted octanol–water partition coefficient (Wildman–Crippen LogP) is 4.58. The van der Waals surface area contributed by atoms with Gasteiger partial charge >= 0.3 is 5.97 Å². The second-order valence-corrected chi connectivity index (χ2v) is 8.50. The van der Waals surface area contributed by atoms with Crippen LogP contribution in [0.15, 0.2) is 33.7 Å². The molecule has 1 atom stereocenters. The van der Waals surface area contributed by atoms with Crippen molar-refractivity contribution in [2.75, 3.05) is 0 Å². The molecule has 1 saturated carbocycles. The summed E-state index contributed by atoms with van der Waals surface area (Å²) in [6.07, 6.45) is 4.65. The van der Waals surface area contributed by atoms with Gasteiger partial charge in [0.05, 0.1) is 11.3 Å². The molecular formula is C22H28N2O4S. The van der Waals surface area contributed by atoms with Crippen LogP contribution in [0.5, 0.6) is 0 Å². The van der Waals surface area contributed by atoms with Gasteiger partial charge in [-0.1, -0.05) is 36.6 Å². The summed E-state index contributed by atoms with van der Waals surface area (Å²) in [6, 6.07) is 7.47. The Hall–Kier alpha value is -2.28. The molecule has 1 N–H and O–H groups in total. The average Bonchev–Trinajstić information content (AvgIpc) is 3.04. The van der Waals surface area contributed by atoms with E-state index in [1.54, 1.807) is 19.1 Å². The molecule has 3 rings (SSSR count). The van der Waals surface area contributed by atoms with Gasteiger partial charge in [0.25, 0.3) is 5.91 Å². The van der Waals surface area contributed by atoms with Gasteiger partial charge in [-0.15, -0.1) is 11.8 Å². The Balaban J connectivity index is 1.60. The fourth-order valence-corrected chi connectivity index (χ4v) is 4.66. The minimum atomic E-state index is -0.829. The van der Waals surface area contributed by atoms with E-state index in [0.29, 0.717) is 11.3 Å². The van der Waals surface area contributed by atoms with Crippen LogP contribution in [0.2, 0.25) is 0 Å². The molecule has 1 fully saturated rings. The number of aryl methyl sites for hydroxylation is 2. The third-order valence-electron chi connectivity index (χ3n) is 5.26. The Morgan fingerprint density at radius 1 is 1.24 bits per heavy atom. The Kier molecular flexibility index (Phi) is 7.36. The number of aromatic nitrogens is 1. The van der Waals surface area contributed by atoms with Gasteiger partial charge in [0, 0.05) is 22.3 Å². The molecule has 1 aromatic heterocycles. The number of amides is 1. The first kappa shape index (κ1) is 21.4. The molecule has 1 aromatic carbocycles. The van der Waals surface area contributed by atoms with E-state index in [4.69, 9.17) is 9.26 Å². The molecule has 1 unspecified atom stereocenters. The minimum absolute atomic E-state index is 0.190. The van der Waals surface area contributed by atoms with Crippen molar-refractivity contribution in [2.24, 2.45) is 0 Å². The molecule has 1 aliphatic carbocycles. The van der Waals surface area contributed by atoms with Crippen LogP contribution in [0.3, 0.4) is 0 Å². The summed E-state index contributed by atoms with van der Waals surface area (Å²) in [5.74, 6) is 0.704. The average molecular weight is 417 g/mol. The van der Waals surface area contributed by atoms with Crippen molar-refractivity contribution in [3.63, 3.8) is 0 Å². The lowest BCUT2D eigenvalue weighted by molar-refractivity contribution is -0.130. The number of carbonyl (C=O) groups excluding carboxylic acids is 2. The molecule has 0 aliphatic heterocycles. The molecular weight excluding hydrogens is 388 g/mol. The first-order valence-electron chi connectivity index (χ1n) is 10.1. The quantitative estimate of drug-likeness (QED) is 0.526. The van der Waals surface area contributed by atoms with Gasteiger partial charge in [-0.3, -0.25) is 4.79 Å². The monoisotopic (exact) mass is 416 g/mol. The summed E-state index contributed by atoms with van der Waals surface area (Å²) in [7, 11) is 0. The number of benzene rings is 1. The second kappa shape index (κ2) is 9.96. The highest BCUT2D eigenvalue weighted by atomic mass is 32.2. The normalized spacial score (nSPS) is 15.7. The van der Waals surface area contributed by atoms with E-state index in [9.17, 15) is 9.59 Å². The number of nitrogens with zero attached hydrogens (tertiary/aromatic N) is 1. The SMILES string of the molecule is Cc1noc(C)c1CSc1ccccc1C(=O)OC(C)C(=O)NC1CCCCC1. The first-order valence-corrected chi connectivity index (χ1v) is 11.1. The van der Waals surface area contributed by atoms with Gasteiger partial charge in [0.1, 0.15) is 5.76 Å². The summed E-state index contributed by atoms with van der Waals surface area (Å²) in [4.78, 5) is 25.9. The van der Waals surface area contributed by atoms with Crippen LogP contribution in [-0.4, -0.2) is 29.2 Å². The molecule has 1 heterocycles. The van der Waals surface area contributed by atoms with Crippen molar-refractivity contribution in [3.8, 4) is 0 Å². The zero-order valence-electron chi connectivity index (χ0n) is 17.2. The molecule has 0 bridgehead atoms. The number of hydrogen-bond acceptors (Lipinski definition) is 6. The molecule has 0 radical (unpaired) electrons. The Labute approximate surface area is 175 Å². The standard InChI is InChI=1S/C22H28N2O4S/c1-14-19(15(2)28-24-14)13-29-20-12-8-7-11-18(20)22(26)27-16(3)21(25)23-17-9-5-4-6-10-17/h7-8,11-12,16-17H,4-6,9-10,13H2,1-3H3,(H,23,25). The molecule has 7 heteroatoms. The number of nitrogens with one attached hydrogen (secondary N) is 1. The second-order valence-electron chi connectivity index (χ2n) is 7.48. The lowest BCUT2D eigenvalue weighted by Gasteiger charge is -2.24. The van der Waals surface area contributed by atoms with E-state index in [0.717, 1.165) is 47.6 Å². The maximum absolute atomic E-state index is 12.7. The predicted molar refractivity (Wildman–Crippen MR) is 112 cm³/mol. The number of carbonyl (C=O) groups is 2. The third kappa shape index (κ3) is 5.63. The molecule has 1 aliphatic rings. The Bertz CT molecular complexity index is 839. The van der Waals surface area contributed by atoms with Crippen LogP contribution in [-0.2, 0) is 15.3 Å². The molecule has 0 spiro atoms. The highest BCUT2D eigenvalue weighted by Gasteiger charge is 2.24. The zero-order chi connectivity index (χ0) is 20.8. The number of esters is 1. The number of thioether (sulfide) groups is 1. The van der Waals surface area contributed by atoms with Crippen LogP contribution in [0.1, 0.15) is 66.4 Å². The van der Waals surface area contributed by atoms with Crippen molar-refractivity contribution >= 4 is 23.6 Å². The number of ether oxygens (including phenoxy) is 1. The van der Waals surface area contributed by atoms with E-state index in [1.165, 1.54) is 18.2 Å². The van der Waals surface area contributed by atoms with Gasteiger partial charge in [0.2, 0.25) is 0 Å². The van der Waals surface area contributed by atoms with E-state index >= 15 is 0 Å². The zero-order valence-corrected chi connectivity index (χ0v) is 18.0. The van der Waals surface area contributed by atoms with Crippen LogP contribution in [0.25, 0.3) is 0 Å². The fourth-order valence-electron chi connectivity index (χ4n) is 3.46. The van der Waals surface area contributed by atoms with Crippen molar-refractivity contribution < 1.29 is 18.8 Å². The van der Waals surface area contributed by atoms with Crippen LogP contribution >= 0.6 is 11.8 Å². The molecule has 29 heavy (non-hydrogen) atoms. The Morgan fingerprint density at radius 2 is 1.97 bits per heavy atom. The smallest absolute Gasteiger partial charge is 0.340 e. The van der Waals surface area contributed by atoms with Gasteiger partial charge in [-0.25, -0.2) is 4.79 Å². The van der Waals surface area contributed by atoms with Crippen molar-refractivity contribution in [1.82, 2.24) is 10.5 Å².